The molecular formula is C34H25BN2S. The molecule has 0 bridgehead atoms. The third-order valence-corrected chi connectivity index (χ3v) is 9.12. The van der Waals surface area contributed by atoms with Crippen molar-refractivity contribution in [2.45, 2.75) is 13.8 Å². The van der Waals surface area contributed by atoms with E-state index in [-0.39, 0.29) is 6.71 Å². The minimum Gasteiger partial charge on any atom is -0.311 e. The van der Waals surface area contributed by atoms with Crippen molar-refractivity contribution in [2.24, 2.45) is 0 Å². The molecule has 2 aliphatic rings. The molecule has 0 saturated heterocycles. The van der Waals surface area contributed by atoms with Gasteiger partial charge in [0.1, 0.15) is 0 Å². The SMILES string of the molecule is Cc1ccc2c(c1)N(c1ccccc1)c1cc(C)cc3c1B2c1sc2ccccc2c1N3c1ccccc1. The first kappa shape index (κ1) is 21.8. The van der Waals surface area contributed by atoms with Gasteiger partial charge in [0.25, 0.3) is 6.71 Å². The summed E-state index contributed by atoms with van der Waals surface area (Å²) in [7, 11) is 0. The fourth-order valence-corrected chi connectivity index (χ4v) is 7.69. The molecule has 4 heteroatoms. The van der Waals surface area contributed by atoms with E-state index in [9.17, 15) is 0 Å². The van der Waals surface area contributed by atoms with Gasteiger partial charge in [-0.1, -0.05) is 66.7 Å². The number of nitrogens with zero attached hydrogens (tertiary/aromatic N) is 2. The molecule has 180 valence electrons. The number of anilines is 6. The highest BCUT2D eigenvalue weighted by atomic mass is 32.1. The summed E-state index contributed by atoms with van der Waals surface area (Å²) in [6.07, 6.45) is 0. The summed E-state index contributed by atoms with van der Waals surface area (Å²) in [6, 6.07) is 42.4. The van der Waals surface area contributed by atoms with Crippen LogP contribution in [-0.2, 0) is 0 Å². The summed E-state index contributed by atoms with van der Waals surface area (Å²) in [6.45, 7) is 4.61. The van der Waals surface area contributed by atoms with Crippen molar-refractivity contribution in [1.82, 2.24) is 0 Å². The van der Waals surface area contributed by atoms with E-state index in [1.54, 1.807) is 0 Å². The zero-order valence-corrected chi connectivity index (χ0v) is 22.2. The van der Waals surface area contributed by atoms with Gasteiger partial charge in [-0.3, -0.25) is 0 Å². The van der Waals surface area contributed by atoms with Crippen molar-refractivity contribution in [3.63, 3.8) is 0 Å². The van der Waals surface area contributed by atoms with Crippen molar-refractivity contribution in [1.29, 1.82) is 0 Å². The van der Waals surface area contributed by atoms with Crippen LogP contribution >= 0.6 is 11.3 Å². The standard InChI is InChI=1S/C34H25BN2S/c1-22-17-18-27-28(19-22)36(24-11-5-3-6-12-24)29-20-23(2)21-30-32(29)35(27)34-33(26-15-9-10-16-31(26)38-34)37(30)25-13-7-4-8-14-25/h3-21H,1-2H3. The smallest absolute Gasteiger partial charge is 0.264 e. The maximum atomic E-state index is 2.51. The number of aryl methyl sites for hydroxylation is 2. The van der Waals surface area contributed by atoms with Gasteiger partial charge in [0.05, 0.1) is 5.69 Å². The second-order valence-electron chi connectivity index (χ2n) is 10.4. The summed E-state index contributed by atoms with van der Waals surface area (Å²) in [4.78, 5) is 4.99. The Morgan fingerprint density at radius 1 is 0.579 bits per heavy atom. The van der Waals surface area contributed by atoms with Gasteiger partial charge >= 0.3 is 0 Å². The monoisotopic (exact) mass is 504 g/mol. The molecule has 0 N–H and O–H groups in total. The van der Waals surface area contributed by atoms with Crippen molar-refractivity contribution >= 4 is 78.0 Å². The number of thiophene rings is 1. The lowest BCUT2D eigenvalue weighted by Crippen LogP contribution is -2.60. The zero-order chi connectivity index (χ0) is 25.4. The largest absolute Gasteiger partial charge is 0.311 e. The summed E-state index contributed by atoms with van der Waals surface area (Å²) in [5, 5.41) is 1.32. The normalized spacial score (nSPS) is 13.4. The molecule has 5 aromatic carbocycles. The van der Waals surface area contributed by atoms with Crippen LogP contribution in [0.15, 0.2) is 115 Å². The van der Waals surface area contributed by atoms with E-state index >= 15 is 0 Å². The fraction of sp³-hybridized carbons (Fsp3) is 0.0588. The molecule has 2 aliphatic heterocycles. The van der Waals surface area contributed by atoms with Crippen molar-refractivity contribution < 1.29 is 0 Å². The summed E-state index contributed by atoms with van der Waals surface area (Å²) < 4.78 is 2.76. The Kier molecular flexibility index (Phi) is 4.65. The van der Waals surface area contributed by atoms with E-state index in [2.05, 4.69) is 139 Å². The van der Waals surface area contributed by atoms with Gasteiger partial charge in [0.15, 0.2) is 0 Å². The quantitative estimate of drug-likeness (QED) is 0.224. The van der Waals surface area contributed by atoms with E-state index in [1.165, 1.54) is 71.0 Å². The molecule has 0 aliphatic carbocycles. The molecule has 3 heterocycles. The number of rotatable bonds is 2. The first-order chi connectivity index (χ1) is 18.7. The van der Waals surface area contributed by atoms with Gasteiger partial charge < -0.3 is 9.80 Å². The molecule has 2 nitrogen and oxygen atoms in total. The Bertz CT molecular complexity index is 1860. The summed E-state index contributed by atoms with van der Waals surface area (Å²) >= 11 is 1.95. The van der Waals surface area contributed by atoms with Gasteiger partial charge in [-0.25, -0.2) is 0 Å². The predicted octanol–water partition coefficient (Wildman–Crippen LogP) is 7.60. The minimum atomic E-state index is 0.184. The molecule has 8 rings (SSSR count). The predicted molar refractivity (Wildman–Crippen MR) is 165 cm³/mol. The van der Waals surface area contributed by atoms with Crippen molar-refractivity contribution in [3.05, 3.63) is 126 Å². The first-order valence-corrected chi connectivity index (χ1v) is 14.0. The van der Waals surface area contributed by atoms with Crippen LogP contribution in [0.2, 0.25) is 0 Å². The third-order valence-electron chi connectivity index (χ3n) is 7.90. The highest BCUT2D eigenvalue weighted by molar-refractivity contribution is 7.33. The lowest BCUT2D eigenvalue weighted by atomic mass is 9.36. The van der Waals surface area contributed by atoms with Crippen LogP contribution in [0.4, 0.5) is 34.1 Å². The number of hydrogen-bond acceptors (Lipinski definition) is 3. The minimum absolute atomic E-state index is 0.184. The molecular weight excluding hydrogens is 479 g/mol. The Hall–Kier alpha value is -4.28. The van der Waals surface area contributed by atoms with Crippen LogP contribution in [0.25, 0.3) is 10.1 Å². The van der Waals surface area contributed by atoms with Crippen LogP contribution in [0.1, 0.15) is 11.1 Å². The first-order valence-electron chi connectivity index (χ1n) is 13.2. The van der Waals surface area contributed by atoms with E-state index in [4.69, 9.17) is 0 Å². The van der Waals surface area contributed by atoms with E-state index in [0.29, 0.717) is 0 Å². The topological polar surface area (TPSA) is 6.48 Å². The Balaban J connectivity index is 1.53. The number of para-hydroxylation sites is 2. The van der Waals surface area contributed by atoms with E-state index in [0.717, 1.165) is 0 Å². The van der Waals surface area contributed by atoms with Gasteiger partial charge in [-0.2, -0.15) is 0 Å². The second-order valence-corrected chi connectivity index (χ2v) is 11.4. The maximum Gasteiger partial charge on any atom is 0.264 e. The number of benzene rings is 5. The van der Waals surface area contributed by atoms with Gasteiger partial charge in [-0.15, -0.1) is 11.3 Å². The van der Waals surface area contributed by atoms with Crippen LogP contribution in [0, 0.1) is 13.8 Å². The zero-order valence-electron chi connectivity index (χ0n) is 21.3. The molecule has 0 fully saturated rings. The second kappa shape index (κ2) is 8.11. The van der Waals surface area contributed by atoms with Crippen molar-refractivity contribution in [2.75, 3.05) is 9.80 Å². The van der Waals surface area contributed by atoms with E-state index < -0.39 is 0 Å². The van der Waals surface area contributed by atoms with Crippen LogP contribution in [0.3, 0.4) is 0 Å². The van der Waals surface area contributed by atoms with Gasteiger partial charge in [0.2, 0.25) is 0 Å². The lowest BCUT2D eigenvalue weighted by molar-refractivity contribution is 1.24. The molecule has 0 amide bonds. The molecule has 0 saturated carbocycles. The Labute approximate surface area is 227 Å². The molecule has 1 aromatic heterocycles. The Morgan fingerprint density at radius 2 is 1.18 bits per heavy atom. The molecule has 0 atom stereocenters. The van der Waals surface area contributed by atoms with E-state index in [1.807, 2.05) is 11.3 Å². The van der Waals surface area contributed by atoms with Crippen LogP contribution < -0.4 is 25.5 Å². The molecule has 0 unspecified atom stereocenters. The summed E-state index contributed by atoms with van der Waals surface area (Å²) in [5.74, 6) is 0. The fourth-order valence-electron chi connectivity index (χ4n) is 6.37. The summed E-state index contributed by atoms with van der Waals surface area (Å²) in [5.41, 5.74) is 12.8. The highest BCUT2D eigenvalue weighted by Crippen LogP contribution is 2.47. The highest BCUT2D eigenvalue weighted by Gasteiger charge is 2.45. The van der Waals surface area contributed by atoms with Gasteiger partial charge in [0, 0.05) is 43.3 Å². The molecule has 6 aromatic rings. The Morgan fingerprint density at radius 3 is 1.92 bits per heavy atom. The molecule has 38 heavy (non-hydrogen) atoms. The number of hydrogen-bond donors (Lipinski definition) is 0. The average Bonchev–Trinajstić information content (AvgIpc) is 3.33. The third kappa shape index (κ3) is 3.01. The number of fused-ring (bicyclic) bond motifs is 6. The van der Waals surface area contributed by atoms with Gasteiger partial charge in [-0.05, 0) is 84.4 Å². The molecule has 0 radical (unpaired) electrons. The van der Waals surface area contributed by atoms with Crippen LogP contribution in [0.5, 0.6) is 0 Å². The van der Waals surface area contributed by atoms with Crippen LogP contribution in [-0.4, -0.2) is 6.71 Å². The maximum absolute atomic E-state index is 2.51. The lowest BCUT2D eigenvalue weighted by Gasteiger charge is -2.43. The average molecular weight is 504 g/mol. The van der Waals surface area contributed by atoms with Crippen molar-refractivity contribution in [3.8, 4) is 0 Å². The molecule has 0 spiro atoms.